The van der Waals surface area contributed by atoms with E-state index in [0.717, 1.165) is 29.8 Å². The van der Waals surface area contributed by atoms with Crippen LogP contribution < -0.4 is 0 Å². The van der Waals surface area contributed by atoms with E-state index in [1.165, 1.54) is 30.1 Å². The molecule has 5 nitrogen and oxygen atoms in total. The van der Waals surface area contributed by atoms with Gasteiger partial charge in [0, 0.05) is 23.6 Å². The molecule has 4 rings (SSSR count). The number of hydrogen-bond donors (Lipinski definition) is 0. The Balaban J connectivity index is 1.75. The second-order valence-corrected chi connectivity index (χ2v) is 8.21. The molecule has 1 aliphatic heterocycles. The van der Waals surface area contributed by atoms with E-state index < -0.39 is 23.3 Å². The molecule has 0 spiro atoms. The van der Waals surface area contributed by atoms with Crippen LogP contribution in [0.3, 0.4) is 0 Å². The molecule has 2 unspecified atom stereocenters. The maximum atomic E-state index is 14.7. The second kappa shape index (κ2) is 7.42. The van der Waals surface area contributed by atoms with Crippen LogP contribution in [0, 0.1) is 11.6 Å². The quantitative estimate of drug-likeness (QED) is 0.529. The predicted molar refractivity (Wildman–Crippen MR) is 101 cm³/mol. The number of carbonyl (C=O) groups excluding carboxylic acids is 1. The topological polar surface area (TPSA) is 60.3 Å². The molecular weight excluding hydrogens is 408 g/mol. The highest BCUT2D eigenvalue weighted by Crippen LogP contribution is 2.54. The third kappa shape index (κ3) is 3.52. The highest BCUT2D eigenvalue weighted by Gasteiger charge is 2.61. The summed E-state index contributed by atoms with van der Waals surface area (Å²) in [5.41, 5.74) is -0.129. The summed E-state index contributed by atoms with van der Waals surface area (Å²) in [6.45, 7) is 1.53. The number of ether oxygens (including phenoxy) is 1. The van der Waals surface area contributed by atoms with Gasteiger partial charge in [0.1, 0.15) is 29.7 Å². The minimum absolute atomic E-state index is 0.108. The standard InChI is InChI=1S/C19H16ClF2N3O2S/c1-11(26)28-18-23-10-24-25(18)9-19(14-7-6-12(21)8-16(14)22)17(27-19)13-4-2-3-5-15(13)20/h2,4,6-8,10,17H,3,5,9H2,1H3. The average molecular weight is 424 g/mol. The number of thioether (sulfide) groups is 1. The lowest BCUT2D eigenvalue weighted by atomic mass is 9.89. The highest BCUT2D eigenvalue weighted by atomic mass is 35.5. The van der Waals surface area contributed by atoms with Crippen molar-refractivity contribution in [2.75, 3.05) is 0 Å². The Morgan fingerprint density at radius 2 is 2.29 bits per heavy atom. The van der Waals surface area contributed by atoms with Crippen LogP contribution in [-0.4, -0.2) is 26.0 Å². The fraction of sp³-hybridized carbons (Fsp3) is 0.316. The average Bonchev–Trinajstić information content (AvgIpc) is 3.18. The van der Waals surface area contributed by atoms with Crippen molar-refractivity contribution >= 4 is 28.5 Å². The van der Waals surface area contributed by atoms with Gasteiger partial charge < -0.3 is 4.74 Å². The van der Waals surface area contributed by atoms with Gasteiger partial charge in [0.15, 0.2) is 10.3 Å². The number of aromatic nitrogens is 3. The zero-order valence-electron chi connectivity index (χ0n) is 14.9. The zero-order chi connectivity index (χ0) is 19.9. The Labute approximate surface area is 169 Å². The van der Waals surface area contributed by atoms with Gasteiger partial charge in [-0.15, -0.1) is 0 Å². The second-order valence-electron chi connectivity index (χ2n) is 6.61. The fourth-order valence-electron chi connectivity index (χ4n) is 3.41. The maximum absolute atomic E-state index is 14.7. The molecule has 1 aromatic carbocycles. The molecule has 1 aliphatic carbocycles. The van der Waals surface area contributed by atoms with Gasteiger partial charge >= 0.3 is 0 Å². The zero-order valence-corrected chi connectivity index (χ0v) is 16.4. The minimum atomic E-state index is -1.12. The molecule has 146 valence electrons. The number of epoxide rings is 1. The maximum Gasteiger partial charge on any atom is 0.193 e. The molecule has 2 aliphatic rings. The summed E-state index contributed by atoms with van der Waals surface area (Å²) in [6, 6.07) is 3.40. The first-order valence-electron chi connectivity index (χ1n) is 8.65. The molecule has 1 aromatic heterocycles. The number of allylic oxidation sites excluding steroid dienone is 2. The fourth-order valence-corrected chi connectivity index (χ4v) is 4.26. The summed E-state index contributed by atoms with van der Waals surface area (Å²) in [5.74, 6) is -1.38. The third-order valence-electron chi connectivity index (χ3n) is 4.70. The molecule has 28 heavy (non-hydrogen) atoms. The molecule has 9 heteroatoms. The number of nitrogens with zero attached hydrogens (tertiary/aromatic N) is 3. The van der Waals surface area contributed by atoms with Crippen molar-refractivity contribution in [3.05, 3.63) is 64.5 Å². The number of benzene rings is 1. The van der Waals surface area contributed by atoms with Crippen LogP contribution >= 0.6 is 23.4 Å². The first-order valence-corrected chi connectivity index (χ1v) is 9.85. The van der Waals surface area contributed by atoms with Crippen LogP contribution in [0.1, 0.15) is 25.3 Å². The van der Waals surface area contributed by atoms with Gasteiger partial charge in [-0.1, -0.05) is 29.8 Å². The van der Waals surface area contributed by atoms with Crippen molar-refractivity contribution in [3.63, 3.8) is 0 Å². The molecule has 0 bridgehead atoms. The molecule has 0 saturated carbocycles. The number of halogens is 3. The Hall–Kier alpha value is -2.03. The van der Waals surface area contributed by atoms with E-state index in [4.69, 9.17) is 16.3 Å². The van der Waals surface area contributed by atoms with Crippen molar-refractivity contribution in [3.8, 4) is 0 Å². The third-order valence-corrected chi connectivity index (χ3v) is 5.90. The summed E-state index contributed by atoms with van der Waals surface area (Å²) in [6.07, 6.45) is 6.20. The molecule has 0 amide bonds. The lowest BCUT2D eigenvalue weighted by Gasteiger charge is -2.17. The van der Waals surface area contributed by atoms with E-state index in [1.54, 1.807) is 0 Å². The van der Waals surface area contributed by atoms with Gasteiger partial charge in [0.25, 0.3) is 0 Å². The van der Waals surface area contributed by atoms with E-state index in [9.17, 15) is 13.6 Å². The molecule has 2 atom stereocenters. The van der Waals surface area contributed by atoms with Gasteiger partial charge in [-0.05, 0) is 36.2 Å². The van der Waals surface area contributed by atoms with Crippen molar-refractivity contribution in [1.82, 2.24) is 14.8 Å². The first-order chi connectivity index (χ1) is 13.4. The van der Waals surface area contributed by atoms with Gasteiger partial charge in [0.05, 0.1) is 6.54 Å². The van der Waals surface area contributed by atoms with Crippen LogP contribution in [0.15, 0.2) is 52.4 Å². The van der Waals surface area contributed by atoms with Crippen LogP contribution in [0.2, 0.25) is 0 Å². The van der Waals surface area contributed by atoms with Crippen LogP contribution in [0.4, 0.5) is 8.78 Å². The normalized spacial score (nSPS) is 23.9. The molecule has 1 fully saturated rings. The van der Waals surface area contributed by atoms with Gasteiger partial charge in [-0.2, -0.15) is 5.10 Å². The molecule has 2 aromatic rings. The van der Waals surface area contributed by atoms with Crippen LogP contribution in [0.25, 0.3) is 0 Å². The first kappa shape index (κ1) is 19.3. The lowest BCUT2D eigenvalue weighted by molar-refractivity contribution is -0.109. The van der Waals surface area contributed by atoms with Crippen molar-refractivity contribution < 1.29 is 18.3 Å². The molecule has 0 radical (unpaired) electrons. The number of hydrogen-bond acceptors (Lipinski definition) is 5. The van der Waals surface area contributed by atoms with Crippen LogP contribution in [0.5, 0.6) is 0 Å². The van der Waals surface area contributed by atoms with Gasteiger partial charge in [0.2, 0.25) is 0 Å². The largest absolute Gasteiger partial charge is 0.354 e. The summed E-state index contributed by atoms with van der Waals surface area (Å²) >= 11 is 7.32. The van der Waals surface area contributed by atoms with E-state index in [-0.39, 0.29) is 17.2 Å². The van der Waals surface area contributed by atoms with E-state index in [0.29, 0.717) is 16.6 Å². The smallest absolute Gasteiger partial charge is 0.193 e. The summed E-state index contributed by atoms with van der Waals surface area (Å²) in [4.78, 5) is 15.6. The number of rotatable bonds is 5. The molecule has 1 saturated heterocycles. The summed E-state index contributed by atoms with van der Waals surface area (Å²) < 4.78 is 35.6. The van der Waals surface area contributed by atoms with E-state index >= 15 is 0 Å². The Bertz CT molecular complexity index is 1010. The molecular formula is C19H16ClF2N3O2S. The Morgan fingerprint density at radius 1 is 1.46 bits per heavy atom. The predicted octanol–water partition coefficient (Wildman–Crippen LogP) is 4.33. The number of carbonyl (C=O) groups is 1. The van der Waals surface area contributed by atoms with Gasteiger partial charge in [-0.25, -0.2) is 18.4 Å². The van der Waals surface area contributed by atoms with Gasteiger partial charge in [-0.3, -0.25) is 4.79 Å². The molecule has 0 N–H and O–H groups in total. The van der Waals surface area contributed by atoms with E-state index in [2.05, 4.69) is 10.1 Å². The minimum Gasteiger partial charge on any atom is -0.354 e. The van der Waals surface area contributed by atoms with Crippen LogP contribution in [-0.2, 0) is 21.7 Å². The SMILES string of the molecule is CC(=O)Sc1ncnn1CC1(c2ccc(F)cc2F)OC1C1=C(Cl)CCC=C1. The van der Waals surface area contributed by atoms with E-state index in [1.807, 2.05) is 12.2 Å². The van der Waals surface area contributed by atoms with Crippen molar-refractivity contribution in [1.29, 1.82) is 0 Å². The summed E-state index contributed by atoms with van der Waals surface area (Å²) in [5, 5.41) is 5.05. The van der Waals surface area contributed by atoms with Crippen molar-refractivity contribution in [2.24, 2.45) is 0 Å². The monoisotopic (exact) mass is 423 g/mol. The Kier molecular flexibility index (Phi) is 5.11. The highest BCUT2D eigenvalue weighted by molar-refractivity contribution is 8.13. The van der Waals surface area contributed by atoms with Crippen molar-refractivity contribution in [2.45, 2.75) is 43.2 Å². The summed E-state index contributed by atoms with van der Waals surface area (Å²) in [7, 11) is 0. The Morgan fingerprint density at radius 3 is 3.00 bits per heavy atom. The lowest BCUT2D eigenvalue weighted by Crippen LogP contribution is -2.24. The molecule has 2 heterocycles.